The minimum Gasteiger partial charge on any atom is -0.410 e. The van der Waals surface area contributed by atoms with E-state index in [9.17, 15) is 10.1 Å². The molecule has 21 heavy (non-hydrogen) atoms. The summed E-state index contributed by atoms with van der Waals surface area (Å²) in [6, 6.07) is 10.9. The zero-order valence-electron chi connectivity index (χ0n) is 11.8. The Kier molecular flexibility index (Phi) is 4.90. The molecule has 2 aromatic rings. The number of aromatic nitrogens is 1. The SMILES string of the molecule is CCC(C)c1nsc(NC(=O)Oc2ccccc2)c1C#N. The van der Waals surface area contributed by atoms with Crippen molar-refractivity contribution in [2.24, 2.45) is 0 Å². The van der Waals surface area contributed by atoms with E-state index in [1.165, 1.54) is 0 Å². The molecule has 1 N–H and O–H groups in total. The predicted octanol–water partition coefficient (Wildman–Crippen LogP) is 4.14. The highest BCUT2D eigenvalue weighted by atomic mass is 32.1. The standard InChI is InChI=1S/C15H15N3O2S/c1-3-10(2)13-12(9-16)14(21-18-13)17-15(19)20-11-7-5-4-6-8-11/h4-8,10H,3H2,1-2H3,(H,17,19). The number of benzene rings is 1. The van der Waals surface area contributed by atoms with Gasteiger partial charge in [-0.25, -0.2) is 4.79 Å². The largest absolute Gasteiger partial charge is 0.417 e. The summed E-state index contributed by atoms with van der Waals surface area (Å²) in [6.07, 6.45) is 0.254. The van der Waals surface area contributed by atoms with Crippen molar-refractivity contribution < 1.29 is 9.53 Å². The Morgan fingerprint density at radius 3 is 2.81 bits per heavy atom. The molecule has 0 aliphatic rings. The zero-order chi connectivity index (χ0) is 15.2. The van der Waals surface area contributed by atoms with Gasteiger partial charge in [0.1, 0.15) is 22.4 Å². The second-order valence-corrected chi connectivity index (χ2v) is 5.29. The minimum atomic E-state index is -0.628. The molecule has 0 saturated heterocycles. The molecule has 0 bridgehead atoms. The fourth-order valence-electron chi connectivity index (χ4n) is 1.74. The lowest BCUT2D eigenvalue weighted by atomic mass is 10.0. The van der Waals surface area contributed by atoms with Crippen molar-refractivity contribution in [1.29, 1.82) is 5.26 Å². The van der Waals surface area contributed by atoms with Crippen LogP contribution in [0.1, 0.15) is 37.4 Å². The van der Waals surface area contributed by atoms with E-state index in [0.29, 0.717) is 16.3 Å². The number of nitrogens with one attached hydrogen (secondary N) is 1. The molecule has 1 aromatic heterocycles. The molecule has 0 aliphatic carbocycles. The molecule has 0 spiro atoms. The van der Waals surface area contributed by atoms with Gasteiger partial charge in [-0.2, -0.15) is 9.64 Å². The molecule has 1 unspecified atom stereocenters. The molecule has 1 amide bonds. The summed E-state index contributed by atoms with van der Waals surface area (Å²) in [5.41, 5.74) is 1.14. The normalized spacial score (nSPS) is 11.5. The Balaban J connectivity index is 2.11. The van der Waals surface area contributed by atoms with Gasteiger partial charge in [-0.1, -0.05) is 32.0 Å². The van der Waals surface area contributed by atoms with Gasteiger partial charge in [0.2, 0.25) is 0 Å². The molecular formula is C15H15N3O2S. The van der Waals surface area contributed by atoms with Crippen LogP contribution in [0.4, 0.5) is 9.80 Å². The van der Waals surface area contributed by atoms with Crippen LogP contribution in [0.2, 0.25) is 0 Å². The van der Waals surface area contributed by atoms with Gasteiger partial charge in [-0.05, 0) is 30.1 Å². The summed E-state index contributed by atoms with van der Waals surface area (Å²) in [6.45, 7) is 4.03. The lowest BCUT2D eigenvalue weighted by Gasteiger charge is -2.06. The third-order valence-electron chi connectivity index (χ3n) is 3.08. The van der Waals surface area contributed by atoms with Crippen molar-refractivity contribution in [1.82, 2.24) is 4.37 Å². The number of nitriles is 1. The average Bonchev–Trinajstić information content (AvgIpc) is 2.89. The Morgan fingerprint density at radius 1 is 1.48 bits per heavy atom. The van der Waals surface area contributed by atoms with Gasteiger partial charge in [0, 0.05) is 5.92 Å². The Morgan fingerprint density at radius 2 is 2.19 bits per heavy atom. The maximum atomic E-state index is 11.8. The van der Waals surface area contributed by atoms with Crippen LogP contribution in [0.5, 0.6) is 5.75 Å². The summed E-state index contributed by atoms with van der Waals surface area (Å²) in [4.78, 5) is 11.8. The maximum absolute atomic E-state index is 11.8. The predicted molar refractivity (Wildman–Crippen MR) is 81.6 cm³/mol. The van der Waals surface area contributed by atoms with Crippen LogP contribution in [-0.2, 0) is 0 Å². The van der Waals surface area contributed by atoms with Gasteiger partial charge in [0.25, 0.3) is 0 Å². The number of amides is 1. The van der Waals surface area contributed by atoms with Crippen molar-refractivity contribution in [2.75, 3.05) is 5.32 Å². The third-order valence-corrected chi connectivity index (χ3v) is 3.86. The Bertz CT molecular complexity index is 661. The van der Waals surface area contributed by atoms with Crippen LogP contribution in [-0.4, -0.2) is 10.5 Å². The van der Waals surface area contributed by atoms with E-state index in [2.05, 4.69) is 15.8 Å². The Hall–Kier alpha value is -2.39. The number of nitrogens with zero attached hydrogens (tertiary/aromatic N) is 2. The number of rotatable bonds is 4. The van der Waals surface area contributed by atoms with Crippen molar-refractivity contribution in [3.8, 4) is 11.8 Å². The Labute approximate surface area is 127 Å². The number of anilines is 1. The van der Waals surface area contributed by atoms with Gasteiger partial charge < -0.3 is 4.74 Å². The molecule has 2 rings (SSSR count). The van der Waals surface area contributed by atoms with E-state index in [1.807, 2.05) is 19.9 Å². The van der Waals surface area contributed by atoms with E-state index in [1.54, 1.807) is 24.3 Å². The number of hydrogen-bond donors (Lipinski definition) is 1. The first-order chi connectivity index (χ1) is 10.2. The second kappa shape index (κ2) is 6.86. The number of carbonyl (C=O) groups excluding carboxylic acids is 1. The highest BCUT2D eigenvalue weighted by Gasteiger charge is 2.19. The van der Waals surface area contributed by atoms with E-state index in [-0.39, 0.29) is 5.92 Å². The molecule has 0 saturated carbocycles. The summed E-state index contributed by atoms with van der Waals surface area (Å²) >= 11 is 1.10. The molecule has 1 atom stereocenters. The highest BCUT2D eigenvalue weighted by molar-refractivity contribution is 7.10. The van der Waals surface area contributed by atoms with Crippen molar-refractivity contribution in [3.05, 3.63) is 41.6 Å². The number of ether oxygens (including phenoxy) is 1. The van der Waals surface area contributed by atoms with Crippen LogP contribution < -0.4 is 10.1 Å². The first kappa shape index (κ1) is 15.0. The van der Waals surface area contributed by atoms with Gasteiger partial charge in [0.15, 0.2) is 0 Å². The fraction of sp³-hybridized carbons (Fsp3) is 0.267. The number of carbonyl (C=O) groups is 1. The minimum absolute atomic E-state index is 0.177. The van der Waals surface area contributed by atoms with Crippen LogP contribution in [0, 0.1) is 11.3 Å². The summed E-state index contributed by atoms with van der Waals surface area (Å²) < 4.78 is 9.40. The van der Waals surface area contributed by atoms with Crippen molar-refractivity contribution >= 4 is 22.6 Å². The van der Waals surface area contributed by atoms with Crippen LogP contribution >= 0.6 is 11.5 Å². The van der Waals surface area contributed by atoms with E-state index >= 15 is 0 Å². The topological polar surface area (TPSA) is 75.0 Å². The first-order valence-corrected chi connectivity index (χ1v) is 7.36. The lowest BCUT2D eigenvalue weighted by Crippen LogP contribution is -2.16. The molecule has 0 aliphatic heterocycles. The van der Waals surface area contributed by atoms with Crippen LogP contribution in [0.3, 0.4) is 0 Å². The molecule has 108 valence electrons. The lowest BCUT2D eigenvalue weighted by molar-refractivity contribution is 0.215. The van der Waals surface area contributed by atoms with Crippen molar-refractivity contribution in [2.45, 2.75) is 26.2 Å². The number of para-hydroxylation sites is 1. The van der Waals surface area contributed by atoms with Gasteiger partial charge in [-0.3, -0.25) is 5.32 Å². The molecule has 6 heteroatoms. The summed E-state index contributed by atoms with van der Waals surface area (Å²) in [7, 11) is 0. The second-order valence-electron chi connectivity index (χ2n) is 4.52. The molecular weight excluding hydrogens is 286 g/mol. The highest BCUT2D eigenvalue weighted by Crippen LogP contribution is 2.30. The molecule has 1 heterocycles. The summed E-state index contributed by atoms with van der Waals surface area (Å²) in [5, 5.41) is 12.3. The van der Waals surface area contributed by atoms with Gasteiger partial charge in [0.05, 0.1) is 5.69 Å². The quantitative estimate of drug-likeness (QED) is 0.921. The smallest absolute Gasteiger partial charge is 0.410 e. The van der Waals surface area contributed by atoms with Gasteiger partial charge >= 0.3 is 6.09 Å². The van der Waals surface area contributed by atoms with Crippen molar-refractivity contribution in [3.63, 3.8) is 0 Å². The third kappa shape index (κ3) is 3.58. The summed E-state index contributed by atoms with van der Waals surface area (Å²) in [5.74, 6) is 0.622. The van der Waals surface area contributed by atoms with Crippen LogP contribution in [0.15, 0.2) is 30.3 Å². The van der Waals surface area contributed by atoms with E-state index < -0.39 is 6.09 Å². The van der Waals surface area contributed by atoms with E-state index in [4.69, 9.17) is 4.74 Å². The number of hydrogen-bond acceptors (Lipinski definition) is 5. The zero-order valence-corrected chi connectivity index (χ0v) is 12.6. The molecule has 0 radical (unpaired) electrons. The van der Waals surface area contributed by atoms with Crippen LogP contribution in [0.25, 0.3) is 0 Å². The van der Waals surface area contributed by atoms with Gasteiger partial charge in [-0.15, -0.1) is 0 Å². The monoisotopic (exact) mass is 301 g/mol. The molecule has 5 nitrogen and oxygen atoms in total. The maximum Gasteiger partial charge on any atom is 0.417 e. The molecule has 1 aromatic carbocycles. The first-order valence-electron chi connectivity index (χ1n) is 6.59. The molecule has 0 fully saturated rings. The van der Waals surface area contributed by atoms with E-state index in [0.717, 1.165) is 23.6 Å². The average molecular weight is 301 g/mol. The fourth-order valence-corrected chi connectivity index (χ4v) is 2.57.